The molecule has 0 aliphatic rings. The quantitative estimate of drug-likeness (QED) is 0.0869. The van der Waals surface area contributed by atoms with E-state index in [2.05, 4.69) is 0 Å². The van der Waals surface area contributed by atoms with Gasteiger partial charge in [-0.15, -0.1) is 0 Å². The van der Waals surface area contributed by atoms with E-state index in [9.17, 15) is 53.5 Å². The molecule has 0 aliphatic heterocycles. The molecule has 352 valence electrons. The van der Waals surface area contributed by atoms with E-state index in [1.807, 2.05) is 0 Å². The van der Waals surface area contributed by atoms with Crippen molar-refractivity contribution in [1.82, 2.24) is 0 Å². The van der Waals surface area contributed by atoms with Crippen LogP contribution in [0.25, 0.3) is 21.9 Å². The maximum absolute atomic E-state index is 12.8. The predicted octanol–water partition coefficient (Wildman–Crippen LogP) is 6.50. The summed E-state index contributed by atoms with van der Waals surface area (Å²) in [5.74, 6) is -0.997. The van der Waals surface area contributed by atoms with Gasteiger partial charge in [-0.25, -0.2) is 26.4 Å². The molecule has 0 aliphatic carbocycles. The summed E-state index contributed by atoms with van der Waals surface area (Å²) in [6.45, 7) is 0. The second-order valence-corrected chi connectivity index (χ2v) is 21.5. The molecule has 2 N–H and O–H groups in total. The summed E-state index contributed by atoms with van der Waals surface area (Å²) in [6.07, 6.45) is 0. The van der Waals surface area contributed by atoms with Crippen LogP contribution in [0.5, 0.6) is 34.5 Å². The van der Waals surface area contributed by atoms with E-state index in [0.29, 0.717) is 16.9 Å². The molecule has 0 saturated carbocycles. The van der Waals surface area contributed by atoms with Crippen molar-refractivity contribution in [2.45, 2.75) is 31.1 Å². The average molecular weight is 1010 g/mol. The first-order valence-corrected chi connectivity index (χ1v) is 25.6. The summed E-state index contributed by atoms with van der Waals surface area (Å²) < 4.78 is 132. The van der Waals surface area contributed by atoms with Crippen molar-refractivity contribution in [2.24, 2.45) is 0 Å². The van der Waals surface area contributed by atoms with Crippen LogP contribution in [0.1, 0.15) is 11.1 Å². The van der Waals surface area contributed by atoms with Gasteiger partial charge in [0.25, 0.3) is 0 Å². The Morgan fingerprint density at radius 1 is 0.441 bits per heavy atom. The number of hydrogen-bond acceptors (Lipinski definition) is 18. The number of fused-ring (bicyclic) bond motifs is 2. The van der Waals surface area contributed by atoms with Crippen LogP contribution >= 0.6 is 0 Å². The minimum absolute atomic E-state index is 0.0143. The number of phenols is 2. The van der Waals surface area contributed by atoms with E-state index >= 15 is 0 Å². The summed E-state index contributed by atoms with van der Waals surface area (Å²) >= 11 is 0. The molecule has 0 spiro atoms. The zero-order valence-corrected chi connectivity index (χ0v) is 38.6. The Hall–Kier alpha value is -7.66. The van der Waals surface area contributed by atoms with Crippen LogP contribution in [0.4, 0.5) is 0 Å². The molecule has 68 heavy (non-hydrogen) atoms. The molecule has 0 amide bonds. The van der Waals surface area contributed by atoms with E-state index in [-0.39, 0.29) is 70.3 Å². The molecule has 0 saturated heterocycles. The fraction of sp³-hybridized carbons (Fsp3) is 0.0870. The zero-order valence-electron chi connectivity index (χ0n) is 35.3. The maximum atomic E-state index is 12.8. The Bertz CT molecular complexity index is 3740. The molecule has 2 aromatic heterocycles. The van der Waals surface area contributed by atoms with Crippen LogP contribution in [0, 0.1) is 0 Å². The molecular weight excluding hydrogens is 969 g/mol. The topological polar surface area (TPSA) is 274 Å². The summed E-state index contributed by atoms with van der Waals surface area (Å²) in [6, 6.07) is 32.1. The number of phenolic OH excluding ortho intramolecular Hbond substituents is 2. The van der Waals surface area contributed by atoms with Gasteiger partial charge in [-0.05, 0) is 121 Å². The molecule has 0 bridgehead atoms. The third-order valence-corrected chi connectivity index (χ3v) is 15.6. The lowest BCUT2D eigenvalue weighted by atomic mass is 10.2. The summed E-state index contributed by atoms with van der Waals surface area (Å²) in [5.41, 5.74) is -2.45. The van der Waals surface area contributed by atoms with E-state index in [0.717, 1.165) is 12.1 Å². The Labute approximate surface area is 387 Å². The maximum Gasteiger partial charge on any atom is 0.340 e. The fourth-order valence-corrected chi connectivity index (χ4v) is 10.9. The molecule has 0 unspecified atom stereocenters. The summed E-state index contributed by atoms with van der Waals surface area (Å²) in [7, 11) is -13.4. The Balaban J connectivity index is 0.000000202. The minimum Gasteiger partial charge on any atom is -0.508 e. The van der Waals surface area contributed by atoms with Crippen LogP contribution in [-0.2, 0) is 51.4 Å². The molecule has 0 atom stereocenters. The Morgan fingerprint density at radius 2 is 0.765 bits per heavy atom. The van der Waals surface area contributed by atoms with E-state index in [4.69, 9.17) is 26.7 Å². The minimum atomic E-state index is -4.30. The third-order valence-electron chi connectivity index (χ3n) is 9.77. The number of ether oxygens (including phenoxy) is 2. The molecular formula is C46H36O18S4. The highest BCUT2D eigenvalue weighted by molar-refractivity contribution is 7.91. The number of sulfone groups is 2. The number of methoxy groups -OCH3 is 2. The zero-order chi connectivity index (χ0) is 49.0. The average Bonchev–Trinajstić information content (AvgIpc) is 3.30. The van der Waals surface area contributed by atoms with Gasteiger partial charge in [0, 0.05) is 10.8 Å². The van der Waals surface area contributed by atoms with E-state index < -0.39 is 62.7 Å². The van der Waals surface area contributed by atoms with E-state index in [1.54, 1.807) is 6.07 Å². The SMILES string of the molecule is COc1ccc(S(=O)(=O)Cc2cc3cccc(OS(=O)(=O)c4ccc(OC)cc4)c3oc2=O)cc1.O=c1oc2c(OS(=O)(=O)c3ccc(O)cc3)cccc2cc1CS(=O)(=O)c1ccc(O)cc1. The predicted molar refractivity (Wildman–Crippen MR) is 245 cm³/mol. The molecule has 6 aromatic carbocycles. The van der Waals surface area contributed by atoms with Crippen molar-refractivity contribution in [3.63, 3.8) is 0 Å². The van der Waals surface area contributed by atoms with E-state index in [1.165, 1.54) is 142 Å². The van der Waals surface area contributed by atoms with Gasteiger partial charge in [-0.2, -0.15) is 16.8 Å². The third kappa shape index (κ3) is 11.0. The fourth-order valence-electron chi connectivity index (χ4n) is 6.35. The Morgan fingerprint density at radius 3 is 1.12 bits per heavy atom. The first-order chi connectivity index (χ1) is 32.2. The van der Waals surface area contributed by atoms with Gasteiger partial charge in [-0.1, -0.05) is 24.3 Å². The van der Waals surface area contributed by atoms with Crippen LogP contribution in [-0.4, -0.2) is 58.1 Å². The van der Waals surface area contributed by atoms with Gasteiger partial charge in [-0.3, -0.25) is 0 Å². The van der Waals surface area contributed by atoms with Crippen molar-refractivity contribution in [3.05, 3.63) is 178 Å². The number of para-hydroxylation sites is 2. The van der Waals surface area contributed by atoms with Crippen LogP contribution in [0.15, 0.2) is 184 Å². The molecule has 0 fully saturated rings. The molecule has 0 radical (unpaired) electrons. The van der Waals surface area contributed by atoms with Crippen molar-refractivity contribution in [3.8, 4) is 34.5 Å². The number of hydrogen-bond donors (Lipinski definition) is 2. The highest BCUT2D eigenvalue weighted by Crippen LogP contribution is 2.31. The first-order valence-electron chi connectivity index (χ1n) is 19.5. The second-order valence-electron chi connectivity index (χ2n) is 14.4. The van der Waals surface area contributed by atoms with Gasteiger partial charge >= 0.3 is 31.5 Å². The molecule has 18 nitrogen and oxygen atoms in total. The lowest BCUT2D eigenvalue weighted by molar-refractivity contribution is 0.414. The normalized spacial score (nSPS) is 11.9. The van der Waals surface area contributed by atoms with Gasteiger partial charge < -0.3 is 36.9 Å². The van der Waals surface area contributed by atoms with Gasteiger partial charge in [0.05, 0.1) is 46.6 Å². The van der Waals surface area contributed by atoms with Gasteiger partial charge in [0.1, 0.15) is 32.8 Å². The van der Waals surface area contributed by atoms with Crippen molar-refractivity contribution in [2.75, 3.05) is 14.2 Å². The Kier molecular flexibility index (Phi) is 13.7. The number of aromatic hydroxyl groups is 2. The number of rotatable bonds is 14. The highest BCUT2D eigenvalue weighted by atomic mass is 32.2. The standard InChI is InChI=1S/C24H20O9S2.C22H16O9S2/c1-30-18-6-10-20(11-7-18)34(26,27)15-17-14-16-4-3-5-22(23(16)32-24(17)25)33-35(28,29)21-12-8-19(31-2)9-13-21;23-16-4-8-18(9-5-16)32(26,27)13-15-12-14-2-1-3-20(21(14)30-22(15)25)31-33(28,29)19-10-6-17(24)7-11-19/h3-14H,15H2,1-2H3;1-12,23-24H,13H2. The van der Waals surface area contributed by atoms with Crippen LogP contribution in [0.3, 0.4) is 0 Å². The summed E-state index contributed by atoms with van der Waals surface area (Å²) in [5, 5.41) is 19.2. The molecule has 2 heterocycles. The van der Waals surface area contributed by atoms with Crippen molar-refractivity contribution >= 4 is 61.8 Å². The number of benzene rings is 6. The van der Waals surface area contributed by atoms with Crippen molar-refractivity contribution in [1.29, 1.82) is 0 Å². The lowest BCUT2D eigenvalue weighted by Crippen LogP contribution is -2.14. The summed E-state index contributed by atoms with van der Waals surface area (Å²) in [4.78, 5) is 24.7. The van der Waals surface area contributed by atoms with Gasteiger partial charge in [0.15, 0.2) is 42.3 Å². The molecule has 22 heteroatoms. The highest BCUT2D eigenvalue weighted by Gasteiger charge is 2.25. The van der Waals surface area contributed by atoms with Crippen molar-refractivity contribution < 1.29 is 70.6 Å². The second kappa shape index (κ2) is 19.3. The monoisotopic (exact) mass is 1000 g/mol. The van der Waals surface area contributed by atoms with Crippen LogP contribution in [0.2, 0.25) is 0 Å². The largest absolute Gasteiger partial charge is 0.508 e. The lowest BCUT2D eigenvalue weighted by Gasteiger charge is -2.10. The smallest absolute Gasteiger partial charge is 0.340 e. The molecule has 8 aromatic rings. The van der Waals surface area contributed by atoms with Crippen LogP contribution < -0.4 is 29.1 Å². The first kappa shape index (κ1) is 48.3. The van der Waals surface area contributed by atoms with Gasteiger partial charge in [0.2, 0.25) is 0 Å². The molecule has 8 rings (SSSR count).